The molecule has 2 N–H and O–H groups in total. The number of rotatable bonds is 9. The molecule has 2 aliphatic rings. The van der Waals surface area contributed by atoms with Crippen LogP contribution in [0.5, 0.6) is 0 Å². The van der Waals surface area contributed by atoms with Crippen molar-refractivity contribution < 1.29 is 14.0 Å². The van der Waals surface area contributed by atoms with Crippen LogP contribution in [-0.2, 0) is 4.79 Å². The second kappa shape index (κ2) is 9.08. The number of carbonyl (C=O) groups excluding carboxylic acids is 2. The highest BCUT2D eigenvalue weighted by Gasteiger charge is 2.48. The Bertz CT molecular complexity index is 1160. The van der Waals surface area contributed by atoms with Crippen LogP contribution in [0.2, 0.25) is 0 Å². The standard InChI is InChI=1S/C26H31N5O3/c1-15(2)31-21(12-13-28-31)25(32)30-23(22(17-4-5-17)18-6-7-18)26(33)29-20-10-8-19(9-11-20)24-16(3)27-14-34-24/h8-15,17-18,22-23H,4-7H2,1-3H3,(H,29,33)(H,30,32)/t23-/m0/s1. The van der Waals surface area contributed by atoms with Gasteiger partial charge in [0.1, 0.15) is 11.7 Å². The number of hydrogen-bond donors (Lipinski definition) is 2. The maximum absolute atomic E-state index is 13.5. The zero-order valence-corrected chi connectivity index (χ0v) is 19.8. The molecule has 0 bridgehead atoms. The molecule has 2 fully saturated rings. The number of anilines is 1. The fourth-order valence-electron chi connectivity index (χ4n) is 4.85. The predicted octanol–water partition coefficient (Wildman–Crippen LogP) is 4.60. The lowest BCUT2D eigenvalue weighted by molar-refractivity contribution is -0.119. The lowest BCUT2D eigenvalue weighted by Crippen LogP contribution is -2.50. The molecule has 178 valence electrons. The van der Waals surface area contributed by atoms with Crippen LogP contribution in [0.25, 0.3) is 11.3 Å². The van der Waals surface area contributed by atoms with E-state index in [1.807, 2.05) is 45.0 Å². The lowest BCUT2D eigenvalue weighted by atomic mass is 9.88. The van der Waals surface area contributed by atoms with Gasteiger partial charge in [-0.05, 0) is 94.5 Å². The summed E-state index contributed by atoms with van der Waals surface area (Å²) in [5.41, 5.74) is 2.87. The first-order valence-electron chi connectivity index (χ1n) is 12.1. The van der Waals surface area contributed by atoms with Gasteiger partial charge in [0.25, 0.3) is 5.91 Å². The molecular weight excluding hydrogens is 430 g/mol. The van der Waals surface area contributed by atoms with Gasteiger partial charge in [0.05, 0.1) is 5.69 Å². The van der Waals surface area contributed by atoms with Crippen LogP contribution in [-0.4, -0.2) is 32.6 Å². The number of nitrogens with one attached hydrogen (secondary N) is 2. The highest BCUT2D eigenvalue weighted by Crippen LogP contribution is 2.51. The minimum Gasteiger partial charge on any atom is -0.443 e. The molecule has 0 saturated heterocycles. The van der Waals surface area contributed by atoms with Crippen molar-refractivity contribution in [3.8, 4) is 11.3 Å². The molecule has 0 radical (unpaired) electrons. The van der Waals surface area contributed by atoms with Gasteiger partial charge in [-0.1, -0.05) is 0 Å². The van der Waals surface area contributed by atoms with Crippen molar-refractivity contribution >= 4 is 17.5 Å². The third-order valence-corrected chi connectivity index (χ3v) is 6.84. The quantitative estimate of drug-likeness (QED) is 0.485. The van der Waals surface area contributed by atoms with Gasteiger partial charge in [0.2, 0.25) is 5.91 Å². The summed E-state index contributed by atoms with van der Waals surface area (Å²) < 4.78 is 7.15. The van der Waals surface area contributed by atoms with Gasteiger partial charge in [-0.25, -0.2) is 4.98 Å². The van der Waals surface area contributed by atoms with E-state index in [9.17, 15) is 9.59 Å². The largest absolute Gasteiger partial charge is 0.443 e. The third-order valence-electron chi connectivity index (χ3n) is 6.84. The van der Waals surface area contributed by atoms with E-state index < -0.39 is 6.04 Å². The maximum atomic E-state index is 13.5. The first kappa shape index (κ1) is 22.4. The predicted molar refractivity (Wildman–Crippen MR) is 128 cm³/mol. The number of nitrogens with zero attached hydrogens (tertiary/aromatic N) is 3. The number of aromatic nitrogens is 3. The summed E-state index contributed by atoms with van der Waals surface area (Å²) in [5, 5.41) is 10.4. The molecule has 5 rings (SSSR count). The SMILES string of the molecule is Cc1ncoc1-c1ccc(NC(=O)[C@@H](NC(=O)c2ccnn2C(C)C)C(C2CC2)C2CC2)cc1. The van der Waals surface area contributed by atoms with E-state index in [1.165, 1.54) is 6.39 Å². The van der Waals surface area contributed by atoms with Gasteiger partial charge in [0, 0.05) is 23.5 Å². The summed E-state index contributed by atoms with van der Waals surface area (Å²) in [6.45, 7) is 5.85. The molecule has 0 spiro atoms. The summed E-state index contributed by atoms with van der Waals surface area (Å²) >= 11 is 0. The molecule has 1 aromatic carbocycles. The van der Waals surface area contributed by atoms with E-state index in [4.69, 9.17) is 4.42 Å². The van der Waals surface area contributed by atoms with Crippen LogP contribution in [0, 0.1) is 24.7 Å². The van der Waals surface area contributed by atoms with E-state index in [0.29, 0.717) is 29.0 Å². The van der Waals surface area contributed by atoms with Gasteiger partial charge >= 0.3 is 0 Å². The fourth-order valence-corrected chi connectivity index (χ4v) is 4.85. The van der Waals surface area contributed by atoms with Crippen LogP contribution >= 0.6 is 0 Å². The number of amides is 2. The Kier molecular flexibility index (Phi) is 5.98. The maximum Gasteiger partial charge on any atom is 0.270 e. The molecule has 2 saturated carbocycles. The Labute approximate surface area is 199 Å². The van der Waals surface area contributed by atoms with Crippen molar-refractivity contribution in [2.45, 2.75) is 58.5 Å². The third kappa shape index (κ3) is 4.62. The van der Waals surface area contributed by atoms with E-state index in [2.05, 4.69) is 20.7 Å². The normalized spacial score (nSPS) is 16.6. The Morgan fingerprint density at radius 1 is 1.06 bits per heavy atom. The molecule has 0 unspecified atom stereocenters. The van der Waals surface area contributed by atoms with Crippen LogP contribution in [0.15, 0.2) is 47.3 Å². The summed E-state index contributed by atoms with van der Waals surface area (Å²) in [6.07, 6.45) is 7.54. The Hall–Kier alpha value is -3.42. The molecule has 34 heavy (non-hydrogen) atoms. The molecule has 2 heterocycles. The average Bonchev–Trinajstić information content (AvgIpc) is 3.74. The first-order chi connectivity index (χ1) is 16.4. The number of benzene rings is 1. The average molecular weight is 462 g/mol. The minimum atomic E-state index is -0.584. The minimum absolute atomic E-state index is 0.0530. The summed E-state index contributed by atoms with van der Waals surface area (Å²) in [7, 11) is 0. The molecule has 3 aromatic rings. The van der Waals surface area contributed by atoms with Crippen LogP contribution in [0.1, 0.15) is 61.8 Å². The molecule has 8 heteroatoms. The van der Waals surface area contributed by atoms with Gasteiger partial charge in [-0.3, -0.25) is 14.3 Å². The molecular formula is C26H31N5O3. The topological polar surface area (TPSA) is 102 Å². The van der Waals surface area contributed by atoms with Crippen molar-refractivity contribution in [3.63, 3.8) is 0 Å². The summed E-state index contributed by atoms with van der Waals surface area (Å²) in [5.74, 6) is 1.44. The van der Waals surface area contributed by atoms with E-state index in [-0.39, 0.29) is 23.8 Å². The fraction of sp³-hybridized carbons (Fsp3) is 0.462. The highest BCUT2D eigenvalue weighted by atomic mass is 16.3. The zero-order valence-electron chi connectivity index (χ0n) is 19.8. The summed E-state index contributed by atoms with van der Waals surface area (Å²) in [4.78, 5) is 30.9. The molecule has 1 atom stereocenters. The van der Waals surface area contributed by atoms with Crippen molar-refractivity contribution in [1.29, 1.82) is 0 Å². The number of oxazole rings is 1. The van der Waals surface area contributed by atoms with Crippen LogP contribution in [0.4, 0.5) is 5.69 Å². The van der Waals surface area contributed by atoms with Crippen molar-refractivity contribution in [2.75, 3.05) is 5.32 Å². The van der Waals surface area contributed by atoms with Gasteiger partial charge in [-0.2, -0.15) is 5.10 Å². The molecule has 8 nitrogen and oxygen atoms in total. The number of hydrogen-bond acceptors (Lipinski definition) is 5. The second-order valence-electron chi connectivity index (χ2n) is 9.79. The molecule has 0 aliphatic heterocycles. The number of carbonyl (C=O) groups is 2. The van der Waals surface area contributed by atoms with E-state index in [0.717, 1.165) is 36.9 Å². The van der Waals surface area contributed by atoms with Gasteiger partial charge < -0.3 is 15.1 Å². The Morgan fingerprint density at radius 3 is 2.29 bits per heavy atom. The number of aryl methyl sites for hydroxylation is 1. The second-order valence-corrected chi connectivity index (χ2v) is 9.79. The Balaban J connectivity index is 1.35. The van der Waals surface area contributed by atoms with Gasteiger partial charge in [0.15, 0.2) is 12.2 Å². The Morgan fingerprint density at radius 2 is 1.74 bits per heavy atom. The van der Waals surface area contributed by atoms with E-state index >= 15 is 0 Å². The molecule has 2 amide bonds. The zero-order chi connectivity index (χ0) is 23.8. The van der Waals surface area contributed by atoms with Crippen LogP contribution in [0.3, 0.4) is 0 Å². The molecule has 2 aliphatic carbocycles. The highest BCUT2D eigenvalue weighted by molar-refractivity contribution is 6.01. The van der Waals surface area contributed by atoms with Crippen molar-refractivity contribution in [1.82, 2.24) is 20.1 Å². The van der Waals surface area contributed by atoms with Gasteiger partial charge in [-0.15, -0.1) is 0 Å². The first-order valence-corrected chi connectivity index (χ1v) is 12.1. The lowest BCUT2D eigenvalue weighted by Gasteiger charge is -2.27. The van der Waals surface area contributed by atoms with Crippen molar-refractivity contribution in [3.05, 3.63) is 54.3 Å². The monoisotopic (exact) mass is 461 g/mol. The van der Waals surface area contributed by atoms with E-state index in [1.54, 1.807) is 16.9 Å². The molecule has 2 aromatic heterocycles. The van der Waals surface area contributed by atoms with Crippen LogP contribution < -0.4 is 10.6 Å². The van der Waals surface area contributed by atoms with Crippen molar-refractivity contribution in [2.24, 2.45) is 17.8 Å². The smallest absolute Gasteiger partial charge is 0.270 e. The summed E-state index contributed by atoms with van der Waals surface area (Å²) in [6, 6.07) is 8.68.